The van der Waals surface area contributed by atoms with E-state index in [9.17, 15) is 9.90 Å². The molecule has 2 aromatic rings. The molecule has 1 atom stereocenters. The molecule has 1 unspecified atom stereocenters. The van der Waals surface area contributed by atoms with E-state index in [0.29, 0.717) is 13.0 Å². The predicted molar refractivity (Wildman–Crippen MR) is 93.1 cm³/mol. The van der Waals surface area contributed by atoms with Gasteiger partial charge < -0.3 is 19.7 Å². The van der Waals surface area contributed by atoms with E-state index in [0.717, 1.165) is 42.8 Å². The fourth-order valence-electron chi connectivity index (χ4n) is 3.12. The Labute approximate surface area is 142 Å². The number of carbonyl (C=O) groups is 1. The van der Waals surface area contributed by atoms with Crippen LogP contribution >= 0.6 is 0 Å². The summed E-state index contributed by atoms with van der Waals surface area (Å²) in [6.07, 6.45) is 1.89. The van der Waals surface area contributed by atoms with Gasteiger partial charge in [0.1, 0.15) is 18.5 Å². The van der Waals surface area contributed by atoms with Crippen LogP contribution in [0.2, 0.25) is 0 Å². The summed E-state index contributed by atoms with van der Waals surface area (Å²) >= 11 is 0. The van der Waals surface area contributed by atoms with Crippen molar-refractivity contribution in [3.8, 4) is 5.75 Å². The molecule has 1 amide bonds. The number of β-amino-alcohol motifs (C(OH)–C–C–N with tert-alkyl or cyclic N) is 1. The van der Waals surface area contributed by atoms with E-state index in [2.05, 4.69) is 9.88 Å². The molecule has 1 aliphatic heterocycles. The first kappa shape index (κ1) is 16.8. The molecule has 2 heterocycles. The molecule has 3 rings (SSSR count). The number of aliphatic hydroxyl groups is 1. The molecule has 130 valence electrons. The van der Waals surface area contributed by atoms with Crippen LogP contribution in [0.25, 0.3) is 10.9 Å². The van der Waals surface area contributed by atoms with Crippen LogP contribution in [0.4, 0.5) is 0 Å². The molecule has 0 saturated carbocycles. The van der Waals surface area contributed by atoms with Crippen molar-refractivity contribution in [1.29, 1.82) is 0 Å². The molecular formula is C18H25N3O3. The number of piperazine rings is 1. The van der Waals surface area contributed by atoms with Gasteiger partial charge in [0.2, 0.25) is 5.91 Å². The number of H-pyrrole nitrogens is 1. The normalized spacial score (nSPS) is 17.2. The van der Waals surface area contributed by atoms with Crippen molar-refractivity contribution in [2.75, 3.05) is 39.3 Å². The molecule has 24 heavy (non-hydrogen) atoms. The van der Waals surface area contributed by atoms with Gasteiger partial charge in [0.15, 0.2) is 0 Å². The zero-order chi connectivity index (χ0) is 16.9. The Morgan fingerprint density at radius 2 is 2.08 bits per heavy atom. The van der Waals surface area contributed by atoms with Crippen molar-refractivity contribution >= 4 is 16.8 Å². The quantitative estimate of drug-likeness (QED) is 0.841. The van der Waals surface area contributed by atoms with E-state index < -0.39 is 6.10 Å². The molecule has 2 N–H and O–H groups in total. The molecule has 1 aliphatic rings. The zero-order valence-electron chi connectivity index (χ0n) is 14.1. The molecule has 1 saturated heterocycles. The Balaban J connectivity index is 1.46. The molecule has 0 radical (unpaired) electrons. The van der Waals surface area contributed by atoms with Crippen molar-refractivity contribution in [3.05, 3.63) is 30.5 Å². The Morgan fingerprint density at radius 1 is 1.29 bits per heavy atom. The Morgan fingerprint density at radius 3 is 2.83 bits per heavy atom. The molecule has 1 aromatic carbocycles. The maximum absolute atomic E-state index is 11.7. The van der Waals surface area contributed by atoms with Crippen molar-refractivity contribution in [3.63, 3.8) is 0 Å². The third-order valence-electron chi connectivity index (χ3n) is 4.48. The van der Waals surface area contributed by atoms with Crippen LogP contribution in [-0.2, 0) is 4.79 Å². The zero-order valence-corrected chi connectivity index (χ0v) is 14.1. The van der Waals surface area contributed by atoms with Gasteiger partial charge in [-0.05, 0) is 18.2 Å². The predicted octanol–water partition coefficient (Wildman–Crippen LogP) is 1.46. The van der Waals surface area contributed by atoms with Gasteiger partial charge in [0.05, 0.1) is 0 Å². The summed E-state index contributed by atoms with van der Waals surface area (Å²) in [6, 6.07) is 7.82. The van der Waals surface area contributed by atoms with E-state index >= 15 is 0 Å². The molecule has 0 aliphatic carbocycles. The number of aromatic amines is 1. The number of hydrogen-bond donors (Lipinski definition) is 2. The summed E-state index contributed by atoms with van der Waals surface area (Å²) in [5.41, 5.74) is 1.03. The van der Waals surface area contributed by atoms with Crippen LogP contribution in [0.15, 0.2) is 30.5 Å². The summed E-state index contributed by atoms with van der Waals surface area (Å²) < 4.78 is 5.80. The molecule has 6 nitrogen and oxygen atoms in total. The summed E-state index contributed by atoms with van der Waals surface area (Å²) in [5.74, 6) is 0.990. The highest BCUT2D eigenvalue weighted by atomic mass is 16.5. The molecule has 0 spiro atoms. The van der Waals surface area contributed by atoms with Crippen LogP contribution in [0.1, 0.15) is 13.3 Å². The number of nitrogens with one attached hydrogen (secondary N) is 1. The number of aliphatic hydroxyl groups excluding tert-OH is 1. The maximum atomic E-state index is 11.7. The fourth-order valence-corrected chi connectivity index (χ4v) is 3.12. The third kappa shape index (κ3) is 3.88. The highest BCUT2D eigenvalue weighted by Crippen LogP contribution is 2.24. The van der Waals surface area contributed by atoms with Gasteiger partial charge >= 0.3 is 0 Å². The summed E-state index contributed by atoms with van der Waals surface area (Å²) in [6.45, 7) is 5.80. The summed E-state index contributed by atoms with van der Waals surface area (Å²) in [5, 5.41) is 11.3. The van der Waals surface area contributed by atoms with Crippen molar-refractivity contribution in [2.24, 2.45) is 0 Å². The first-order valence-electron chi connectivity index (χ1n) is 8.54. The first-order valence-corrected chi connectivity index (χ1v) is 8.54. The number of fused-ring (bicyclic) bond motifs is 1. The minimum atomic E-state index is -0.548. The van der Waals surface area contributed by atoms with E-state index in [-0.39, 0.29) is 12.5 Å². The lowest BCUT2D eigenvalue weighted by Gasteiger charge is -2.35. The number of aromatic nitrogens is 1. The second kappa shape index (κ2) is 7.68. The lowest BCUT2D eigenvalue weighted by Crippen LogP contribution is -2.50. The average molecular weight is 331 g/mol. The topological polar surface area (TPSA) is 68.8 Å². The van der Waals surface area contributed by atoms with Gasteiger partial charge in [0, 0.05) is 56.2 Å². The number of hydrogen-bond acceptors (Lipinski definition) is 4. The minimum absolute atomic E-state index is 0.207. The van der Waals surface area contributed by atoms with Crippen molar-refractivity contribution in [1.82, 2.24) is 14.8 Å². The molecule has 1 fully saturated rings. The molecule has 0 bridgehead atoms. The number of nitrogens with zero attached hydrogens (tertiary/aromatic N) is 2. The molecule has 1 aromatic heterocycles. The Bertz CT molecular complexity index is 677. The van der Waals surface area contributed by atoms with Crippen LogP contribution in [0, 0.1) is 0 Å². The Hall–Kier alpha value is -2.05. The second-order valence-corrected chi connectivity index (χ2v) is 6.19. The highest BCUT2D eigenvalue weighted by molar-refractivity contribution is 5.85. The van der Waals surface area contributed by atoms with Crippen LogP contribution in [0.5, 0.6) is 5.75 Å². The number of amides is 1. The Kier molecular flexibility index (Phi) is 5.37. The largest absolute Gasteiger partial charge is 0.490 e. The van der Waals surface area contributed by atoms with E-state index in [4.69, 9.17) is 4.74 Å². The smallest absolute Gasteiger partial charge is 0.222 e. The van der Waals surface area contributed by atoms with Gasteiger partial charge in [-0.3, -0.25) is 9.69 Å². The summed E-state index contributed by atoms with van der Waals surface area (Å²) in [7, 11) is 0. The standard InChI is InChI=1S/C18H25N3O3/c1-2-18(23)21-10-8-20(9-11-21)12-14(22)13-24-17-5-3-4-16-15(17)6-7-19-16/h3-7,14,19,22H,2,8-13H2,1H3. The SMILES string of the molecule is CCC(=O)N1CCN(CC(O)COc2cccc3[nH]ccc23)CC1. The third-order valence-corrected chi connectivity index (χ3v) is 4.48. The van der Waals surface area contributed by atoms with Gasteiger partial charge in [-0.15, -0.1) is 0 Å². The number of benzene rings is 1. The van der Waals surface area contributed by atoms with Gasteiger partial charge in [0.25, 0.3) is 0 Å². The average Bonchev–Trinajstić information content (AvgIpc) is 3.09. The second-order valence-electron chi connectivity index (χ2n) is 6.19. The van der Waals surface area contributed by atoms with Crippen molar-refractivity contribution in [2.45, 2.75) is 19.4 Å². The monoisotopic (exact) mass is 331 g/mol. The van der Waals surface area contributed by atoms with E-state index in [1.165, 1.54) is 0 Å². The maximum Gasteiger partial charge on any atom is 0.222 e. The van der Waals surface area contributed by atoms with Crippen LogP contribution in [0.3, 0.4) is 0 Å². The molecule has 6 heteroatoms. The minimum Gasteiger partial charge on any atom is -0.490 e. The number of rotatable bonds is 6. The number of carbonyl (C=O) groups excluding carboxylic acids is 1. The van der Waals surface area contributed by atoms with Gasteiger partial charge in [-0.25, -0.2) is 0 Å². The molecular weight excluding hydrogens is 306 g/mol. The van der Waals surface area contributed by atoms with Crippen LogP contribution in [-0.4, -0.2) is 71.2 Å². The highest BCUT2D eigenvalue weighted by Gasteiger charge is 2.21. The van der Waals surface area contributed by atoms with Gasteiger partial charge in [-0.2, -0.15) is 0 Å². The first-order chi connectivity index (χ1) is 11.7. The van der Waals surface area contributed by atoms with Gasteiger partial charge in [-0.1, -0.05) is 13.0 Å². The lowest BCUT2D eigenvalue weighted by molar-refractivity contribution is -0.132. The van der Waals surface area contributed by atoms with E-state index in [1.54, 1.807) is 0 Å². The van der Waals surface area contributed by atoms with Crippen molar-refractivity contribution < 1.29 is 14.6 Å². The van der Waals surface area contributed by atoms with Crippen LogP contribution < -0.4 is 4.74 Å². The fraction of sp³-hybridized carbons (Fsp3) is 0.500. The number of ether oxygens (including phenoxy) is 1. The van der Waals surface area contributed by atoms with E-state index in [1.807, 2.05) is 42.3 Å². The lowest BCUT2D eigenvalue weighted by atomic mass is 10.2. The summed E-state index contributed by atoms with van der Waals surface area (Å²) in [4.78, 5) is 18.9.